The maximum atomic E-state index is 6.40. The van der Waals surface area contributed by atoms with Crippen LogP contribution in [0.3, 0.4) is 0 Å². The quantitative estimate of drug-likeness (QED) is 0.221. The molecule has 0 aliphatic carbocycles. The molecule has 1 atom stereocenters. The third kappa shape index (κ3) is 16.2. The molecule has 0 aliphatic rings. The molecule has 0 bridgehead atoms. The lowest BCUT2D eigenvalue weighted by Gasteiger charge is -2.34. The van der Waals surface area contributed by atoms with Crippen LogP contribution in [0.25, 0.3) is 0 Å². The van der Waals surface area contributed by atoms with Crippen molar-refractivity contribution >= 4 is 0 Å². The summed E-state index contributed by atoms with van der Waals surface area (Å²) in [4.78, 5) is 0. The monoisotopic (exact) mass is 460 g/mol. The first-order chi connectivity index (χ1) is 14.7. The average molecular weight is 461 g/mol. The topological polar surface area (TPSA) is 55.4 Å². The standard InChI is InChI=1S/C26H52O6/c1-12-13-22(32-25(6,7)16-19-30-26(8,9)21-28-11)20-31-24(4,5)15-18-29-23(2,3)14-17-27-10/h12,22H,1,13-21H2,2-11H3. The summed E-state index contributed by atoms with van der Waals surface area (Å²) in [6.45, 7) is 23.5. The van der Waals surface area contributed by atoms with Crippen molar-refractivity contribution < 1.29 is 28.4 Å². The van der Waals surface area contributed by atoms with Crippen LogP contribution in [0.4, 0.5) is 0 Å². The van der Waals surface area contributed by atoms with Gasteiger partial charge in [-0.25, -0.2) is 0 Å². The van der Waals surface area contributed by atoms with Gasteiger partial charge in [-0.2, -0.15) is 0 Å². The van der Waals surface area contributed by atoms with Crippen LogP contribution in [0.5, 0.6) is 0 Å². The lowest BCUT2D eigenvalue weighted by atomic mass is 10.0. The van der Waals surface area contributed by atoms with Gasteiger partial charge in [0.2, 0.25) is 0 Å². The molecular weight excluding hydrogens is 408 g/mol. The Morgan fingerprint density at radius 3 is 1.69 bits per heavy atom. The van der Waals surface area contributed by atoms with E-state index in [0.29, 0.717) is 33.0 Å². The number of ether oxygens (including phenoxy) is 6. The van der Waals surface area contributed by atoms with Gasteiger partial charge in [-0.1, -0.05) is 6.08 Å². The zero-order valence-electron chi connectivity index (χ0n) is 22.7. The van der Waals surface area contributed by atoms with Gasteiger partial charge >= 0.3 is 0 Å². The highest BCUT2D eigenvalue weighted by Gasteiger charge is 2.28. The predicted octanol–water partition coefficient (Wildman–Crippen LogP) is 5.58. The van der Waals surface area contributed by atoms with Crippen molar-refractivity contribution in [1.29, 1.82) is 0 Å². The van der Waals surface area contributed by atoms with E-state index in [1.54, 1.807) is 14.2 Å². The predicted molar refractivity (Wildman–Crippen MR) is 131 cm³/mol. The minimum atomic E-state index is -0.335. The Morgan fingerprint density at radius 2 is 1.16 bits per heavy atom. The van der Waals surface area contributed by atoms with Crippen LogP contribution >= 0.6 is 0 Å². The van der Waals surface area contributed by atoms with E-state index in [4.69, 9.17) is 28.4 Å². The van der Waals surface area contributed by atoms with E-state index >= 15 is 0 Å². The molecule has 6 nitrogen and oxygen atoms in total. The molecule has 0 saturated heterocycles. The summed E-state index contributed by atoms with van der Waals surface area (Å²) in [5, 5.41) is 0. The first-order valence-corrected chi connectivity index (χ1v) is 11.9. The number of hydrogen-bond acceptors (Lipinski definition) is 6. The van der Waals surface area contributed by atoms with Gasteiger partial charge in [-0.3, -0.25) is 0 Å². The number of methoxy groups -OCH3 is 2. The fourth-order valence-electron chi connectivity index (χ4n) is 3.19. The van der Waals surface area contributed by atoms with Crippen molar-refractivity contribution in [2.75, 3.05) is 47.3 Å². The van der Waals surface area contributed by atoms with Crippen LogP contribution < -0.4 is 0 Å². The van der Waals surface area contributed by atoms with Gasteiger partial charge in [0.1, 0.15) is 0 Å². The van der Waals surface area contributed by atoms with Gasteiger partial charge in [0.25, 0.3) is 0 Å². The summed E-state index contributed by atoms with van der Waals surface area (Å²) in [7, 11) is 3.40. The van der Waals surface area contributed by atoms with Crippen LogP contribution in [-0.4, -0.2) is 75.8 Å². The van der Waals surface area contributed by atoms with Crippen LogP contribution in [0, 0.1) is 0 Å². The molecule has 0 amide bonds. The van der Waals surface area contributed by atoms with E-state index in [1.165, 1.54) is 0 Å². The maximum Gasteiger partial charge on any atom is 0.0858 e. The van der Waals surface area contributed by atoms with E-state index in [2.05, 4.69) is 48.1 Å². The van der Waals surface area contributed by atoms with Crippen molar-refractivity contribution in [1.82, 2.24) is 0 Å². The molecule has 0 rings (SSSR count). The van der Waals surface area contributed by atoms with E-state index in [9.17, 15) is 0 Å². The Bertz CT molecular complexity index is 499. The van der Waals surface area contributed by atoms with Crippen molar-refractivity contribution in [2.24, 2.45) is 0 Å². The number of hydrogen-bond donors (Lipinski definition) is 0. The van der Waals surface area contributed by atoms with Crippen LogP contribution in [0.2, 0.25) is 0 Å². The van der Waals surface area contributed by atoms with Crippen LogP contribution in [0.15, 0.2) is 12.7 Å². The van der Waals surface area contributed by atoms with Gasteiger partial charge in [0, 0.05) is 20.8 Å². The number of rotatable bonds is 20. The molecule has 192 valence electrons. The summed E-state index contributed by atoms with van der Waals surface area (Å²) in [5.41, 5.74) is -1.15. The highest BCUT2D eigenvalue weighted by molar-refractivity contribution is 4.80. The molecule has 0 aromatic carbocycles. The molecule has 0 spiro atoms. The van der Waals surface area contributed by atoms with Crippen molar-refractivity contribution in [2.45, 2.75) is 110 Å². The normalized spacial score (nSPS) is 14.6. The smallest absolute Gasteiger partial charge is 0.0858 e. The Kier molecular flexibility index (Phi) is 14.5. The molecule has 0 fully saturated rings. The second kappa shape index (κ2) is 14.7. The van der Waals surface area contributed by atoms with E-state index in [0.717, 1.165) is 25.7 Å². The van der Waals surface area contributed by atoms with E-state index in [1.807, 2.05) is 19.9 Å². The molecule has 0 saturated carbocycles. The minimum Gasteiger partial charge on any atom is -0.385 e. The summed E-state index contributed by atoms with van der Waals surface area (Å²) < 4.78 is 35.1. The lowest BCUT2D eigenvalue weighted by molar-refractivity contribution is -0.148. The maximum absolute atomic E-state index is 6.40. The molecule has 1 unspecified atom stereocenters. The Morgan fingerprint density at radius 1 is 0.656 bits per heavy atom. The van der Waals surface area contributed by atoms with Crippen molar-refractivity contribution in [3.8, 4) is 0 Å². The highest BCUT2D eigenvalue weighted by Crippen LogP contribution is 2.24. The second-order valence-corrected chi connectivity index (χ2v) is 11.0. The molecule has 0 heterocycles. The molecule has 0 aliphatic heterocycles. The van der Waals surface area contributed by atoms with E-state index in [-0.39, 0.29) is 28.5 Å². The summed E-state index contributed by atoms with van der Waals surface area (Å²) in [6.07, 6.45) is 5.00. The van der Waals surface area contributed by atoms with Gasteiger partial charge in [-0.05, 0) is 81.1 Å². The average Bonchev–Trinajstić information content (AvgIpc) is 2.64. The molecule has 0 radical (unpaired) electrons. The second-order valence-electron chi connectivity index (χ2n) is 11.0. The first kappa shape index (κ1) is 31.5. The molecule has 0 N–H and O–H groups in total. The largest absolute Gasteiger partial charge is 0.385 e. The molecule has 0 aromatic rings. The third-order valence-electron chi connectivity index (χ3n) is 5.37. The molecule has 0 aromatic heterocycles. The van der Waals surface area contributed by atoms with Crippen LogP contribution in [0.1, 0.15) is 81.1 Å². The summed E-state index contributed by atoms with van der Waals surface area (Å²) in [5.74, 6) is 0. The SMILES string of the molecule is C=CCC(COC(C)(C)CCOC(C)(C)CCOC)OC(C)(C)CCOC(C)(C)COC. The minimum absolute atomic E-state index is 0.0622. The van der Waals surface area contributed by atoms with Gasteiger partial charge < -0.3 is 28.4 Å². The molecule has 32 heavy (non-hydrogen) atoms. The fraction of sp³-hybridized carbons (Fsp3) is 0.923. The van der Waals surface area contributed by atoms with Crippen molar-refractivity contribution in [3.05, 3.63) is 12.7 Å². The van der Waals surface area contributed by atoms with Gasteiger partial charge in [0.05, 0.1) is 54.9 Å². The zero-order valence-corrected chi connectivity index (χ0v) is 22.7. The van der Waals surface area contributed by atoms with Crippen LogP contribution in [-0.2, 0) is 28.4 Å². The lowest BCUT2D eigenvalue weighted by Crippen LogP contribution is -2.39. The van der Waals surface area contributed by atoms with Gasteiger partial charge in [-0.15, -0.1) is 6.58 Å². The Balaban J connectivity index is 4.57. The first-order valence-electron chi connectivity index (χ1n) is 11.9. The summed E-state index contributed by atoms with van der Waals surface area (Å²) >= 11 is 0. The van der Waals surface area contributed by atoms with E-state index < -0.39 is 0 Å². The Labute approximate surface area is 198 Å². The zero-order chi connectivity index (χ0) is 24.9. The molecular formula is C26H52O6. The molecule has 6 heteroatoms. The van der Waals surface area contributed by atoms with Crippen molar-refractivity contribution in [3.63, 3.8) is 0 Å². The Hall–Kier alpha value is -0.500. The summed E-state index contributed by atoms with van der Waals surface area (Å²) in [6, 6.07) is 0. The van der Waals surface area contributed by atoms with Gasteiger partial charge in [0.15, 0.2) is 0 Å². The third-order valence-corrected chi connectivity index (χ3v) is 5.37. The fourth-order valence-corrected chi connectivity index (χ4v) is 3.19. The highest BCUT2D eigenvalue weighted by atomic mass is 16.6.